The van der Waals surface area contributed by atoms with E-state index in [2.05, 4.69) is 10.6 Å². The molecule has 3 N–H and O–H groups in total. The Morgan fingerprint density at radius 2 is 1.73 bits per heavy atom. The van der Waals surface area contributed by atoms with Gasteiger partial charge < -0.3 is 15.7 Å². The van der Waals surface area contributed by atoms with E-state index in [4.69, 9.17) is 0 Å². The molecular weight excluding hydrogens is 380 g/mol. The van der Waals surface area contributed by atoms with Gasteiger partial charge in [0.25, 0.3) is 5.91 Å². The van der Waals surface area contributed by atoms with Gasteiger partial charge >= 0.3 is 5.97 Å². The lowest BCUT2D eigenvalue weighted by atomic mass is 9.69. The van der Waals surface area contributed by atoms with Gasteiger partial charge in [-0.1, -0.05) is 55.8 Å². The number of benzene rings is 2. The van der Waals surface area contributed by atoms with E-state index < -0.39 is 12.0 Å². The Hall–Kier alpha value is -3.15. The Morgan fingerprint density at radius 1 is 1.03 bits per heavy atom. The summed E-state index contributed by atoms with van der Waals surface area (Å²) in [5, 5.41) is 14.8. The second-order valence-electron chi connectivity index (χ2n) is 7.77. The van der Waals surface area contributed by atoms with Gasteiger partial charge in [-0.2, -0.15) is 0 Å². The number of carbonyl (C=O) groups excluding carboxylic acids is 2. The van der Waals surface area contributed by atoms with Gasteiger partial charge in [-0.05, 0) is 48.4 Å². The van der Waals surface area contributed by atoms with Crippen LogP contribution in [-0.4, -0.2) is 28.9 Å². The van der Waals surface area contributed by atoms with Gasteiger partial charge in [0.2, 0.25) is 5.91 Å². The summed E-state index contributed by atoms with van der Waals surface area (Å²) < 4.78 is 0. The second kappa shape index (κ2) is 10.1. The van der Waals surface area contributed by atoms with Crippen LogP contribution in [0.25, 0.3) is 0 Å². The van der Waals surface area contributed by atoms with Crippen molar-refractivity contribution >= 4 is 17.8 Å². The van der Waals surface area contributed by atoms with Crippen LogP contribution in [0.5, 0.6) is 0 Å². The molecule has 158 valence electrons. The molecule has 0 aromatic heterocycles. The summed E-state index contributed by atoms with van der Waals surface area (Å²) in [5.74, 6) is -1.50. The van der Waals surface area contributed by atoms with Crippen molar-refractivity contribution in [2.24, 2.45) is 5.92 Å². The Morgan fingerprint density at radius 3 is 2.30 bits per heavy atom. The third-order valence-corrected chi connectivity index (χ3v) is 5.70. The summed E-state index contributed by atoms with van der Waals surface area (Å²) in [6, 6.07) is 16.2. The van der Waals surface area contributed by atoms with Gasteiger partial charge in [-0.25, -0.2) is 4.79 Å². The molecule has 3 atom stereocenters. The minimum atomic E-state index is -0.994. The molecule has 0 aliphatic heterocycles. The molecule has 0 spiro atoms. The minimum absolute atomic E-state index is 0.0579. The molecule has 0 heterocycles. The fraction of sp³-hybridized carbons (Fsp3) is 0.375. The molecule has 30 heavy (non-hydrogen) atoms. The summed E-state index contributed by atoms with van der Waals surface area (Å²) in [6.45, 7) is 2.36. The highest BCUT2D eigenvalue weighted by Crippen LogP contribution is 2.42. The molecule has 0 radical (unpaired) electrons. The fourth-order valence-electron chi connectivity index (χ4n) is 3.80. The van der Waals surface area contributed by atoms with E-state index in [0.717, 1.165) is 24.0 Å². The average molecular weight is 408 g/mol. The predicted molar refractivity (Wildman–Crippen MR) is 114 cm³/mol. The molecule has 1 aliphatic rings. The van der Waals surface area contributed by atoms with Crippen LogP contribution >= 0.6 is 0 Å². The molecule has 2 amide bonds. The van der Waals surface area contributed by atoms with Crippen molar-refractivity contribution in [2.45, 2.75) is 51.1 Å². The number of carboxylic acids is 1. The third-order valence-electron chi connectivity index (χ3n) is 5.70. The highest BCUT2D eigenvalue weighted by Gasteiger charge is 2.38. The SMILES string of the molecule is CCC[C@H](NC(=O)C1CC[C@H]1c1ccc(C(=O)NCc2ccccc2)cc1)C(=O)O. The lowest BCUT2D eigenvalue weighted by Gasteiger charge is -2.36. The minimum Gasteiger partial charge on any atom is -0.480 e. The lowest BCUT2D eigenvalue weighted by molar-refractivity contribution is -0.143. The van der Waals surface area contributed by atoms with E-state index >= 15 is 0 Å². The maximum absolute atomic E-state index is 12.6. The van der Waals surface area contributed by atoms with Crippen LogP contribution in [-0.2, 0) is 16.1 Å². The van der Waals surface area contributed by atoms with Crippen molar-refractivity contribution in [2.75, 3.05) is 0 Å². The molecule has 6 nitrogen and oxygen atoms in total. The maximum atomic E-state index is 12.6. The Labute approximate surface area is 176 Å². The van der Waals surface area contributed by atoms with E-state index in [9.17, 15) is 19.5 Å². The highest BCUT2D eigenvalue weighted by molar-refractivity contribution is 5.94. The largest absolute Gasteiger partial charge is 0.480 e. The number of carboxylic acid groups (broad SMARTS) is 1. The highest BCUT2D eigenvalue weighted by atomic mass is 16.4. The van der Waals surface area contributed by atoms with Crippen LogP contribution in [0.15, 0.2) is 54.6 Å². The van der Waals surface area contributed by atoms with Crippen molar-refractivity contribution in [1.82, 2.24) is 10.6 Å². The second-order valence-corrected chi connectivity index (χ2v) is 7.77. The van der Waals surface area contributed by atoms with Crippen molar-refractivity contribution in [3.05, 3.63) is 71.3 Å². The van der Waals surface area contributed by atoms with E-state index in [-0.39, 0.29) is 23.7 Å². The molecule has 1 unspecified atom stereocenters. The predicted octanol–water partition coefficient (Wildman–Crippen LogP) is 3.48. The summed E-state index contributed by atoms with van der Waals surface area (Å²) in [6.07, 6.45) is 2.74. The number of aliphatic carboxylic acids is 1. The number of nitrogens with one attached hydrogen (secondary N) is 2. The quantitative estimate of drug-likeness (QED) is 0.592. The van der Waals surface area contributed by atoms with Crippen LogP contribution < -0.4 is 10.6 Å². The van der Waals surface area contributed by atoms with Crippen LogP contribution in [0.2, 0.25) is 0 Å². The standard InChI is InChI=1S/C24H28N2O4/c1-2-6-21(24(29)30)26-23(28)20-14-13-19(20)17-9-11-18(12-10-17)22(27)25-15-16-7-4-3-5-8-16/h3-5,7-12,19-21H,2,6,13-15H2,1H3,(H,25,27)(H,26,28)(H,29,30)/t19-,20?,21-/m0/s1. The van der Waals surface area contributed by atoms with E-state index in [1.807, 2.05) is 49.4 Å². The van der Waals surface area contributed by atoms with Crippen molar-refractivity contribution in [3.8, 4) is 0 Å². The summed E-state index contributed by atoms with van der Waals surface area (Å²) in [5.41, 5.74) is 2.61. The topological polar surface area (TPSA) is 95.5 Å². The first-order chi connectivity index (χ1) is 14.5. The Balaban J connectivity index is 1.57. The van der Waals surface area contributed by atoms with Crippen LogP contribution in [0.3, 0.4) is 0 Å². The number of carbonyl (C=O) groups is 3. The van der Waals surface area contributed by atoms with Gasteiger partial charge in [-0.3, -0.25) is 9.59 Å². The van der Waals surface area contributed by atoms with Crippen LogP contribution in [0, 0.1) is 5.92 Å². The molecule has 2 aromatic rings. The van der Waals surface area contributed by atoms with Gasteiger partial charge in [-0.15, -0.1) is 0 Å². The molecule has 1 aliphatic carbocycles. The molecule has 6 heteroatoms. The first-order valence-corrected chi connectivity index (χ1v) is 10.4. The van der Waals surface area contributed by atoms with E-state index in [0.29, 0.717) is 24.9 Å². The van der Waals surface area contributed by atoms with E-state index in [1.54, 1.807) is 12.1 Å². The molecule has 0 bridgehead atoms. The lowest BCUT2D eigenvalue weighted by Crippen LogP contribution is -2.47. The van der Waals surface area contributed by atoms with Crippen molar-refractivity contribution in [1.29, 1.82) is 0 Å². The number of amides is 2. The first-order valence-electron chi connectivity index (χ1n) is 10.4. The normalized spacial score (nSPS) is 18.7. The van der Waals surface area contributed by atoms with Gasteiger partial charge in [0.1, 0.15) is 6.04 Å². The average Bonchev–Trinajstić information content (AvgIpc) is 2.72. The van der Waals surface area contributed by atoms with Gasteiger partial charge in [0, 0.05) is 18.0 Å². The zero-order valence-corrected chi connectivity index (χ0v) is 17.1. The number of hydrogen-bond acceptors (Lipinski definition) is 3. The van der Waals surface area contributed by atoms with Crippen molar-refractivity contribution in [3.63, 3.8) is 0 Å². The van der Waals surface area contributed by atoms with Crippen LogP contribution in [0.4, 0.5) is 0 Å². The molecule has 2 aromatic carbocycles. The van der Waals surface area contributed by atoms with Crippen molar-refractivity contribution < 1.29 is 19.5 Å². The zero-order valence-electron chi connectivity index (χ0n) is 17.1. The molecule has 3 rings (SSSR count). The Bertz CT molecular complexity index is 880. The van der Waals surface area contributed by atoms with Crippen LogP contribution in [0.1, 0.15) is 60.0 Å². The molecule has 1 fully saturated rings. The zero-order chi connectivity index (χ0) is 21.5. The van der Waals surface area contributed by atoms with E-state index in [1.165, 1.54) is 0 Å². The summed E-state index contributed by atoms with van der Waals surface area (Å²) in [4.78, 5) is 36.2. The molecular formula is C24H28N2O4. The molecule has 1 saturated carbocycles. The number of hydrogen-bond donors (Lipinski definition) is 3. The molecule has 0 saturated heterocycles. The fourth-order valence-corrected chi connectivity index (χ4v) is 3.80. The smallest absolute Gasteiger partial charge is 0.326 e. The maximum Gasteiger partial charge on any atom is 0.326 e. The number of rotatable bonds is 9. The summed E-state index contributed by atoms with van der Waals surface area (Å²) in [7, 11) is 0. The van der Waals surface area contributed by atoms with Gasteiger partial charge in [0.15, 0.2) is 0 Å². The monoisotopic (exact) mass is 408 g/mol. The first kappa shape index (κ1) is 21.6. The third kappa shape index (κ3) is 5.26. The van der Waals surface area contributed by atoms with Gasteiger partial charge in [0.05, 0.1) is 0 Å². The Kier molecular flexibility index (Phi) is 7.22. The summed E-state index contributed by atoms with van der Waals surface area (Å²) >= 11 is 0.